The fourth-order valence-electron chi connectivity index (χ4n) is 0.550. The Morgan fingerprint density at radius 2 is 1.92 bits per heavy atom. The van der Waals surface area contributed by atoms with Crippen LogP contribution in [0.4, 0.5) is 0 Å². The molecule has 0 aliphatic rings. The molecule has 0 amide bonds. The largest absolute Gasteiger partial charge is 0.363 e. The second kappa shape index (κ2) is 4.38. The Morgan fingerprint density at radius 3 is 2.25 bits per heavy atom. The fraction of sp³-hybridized carbons (Fsp3) is 1.00. The van der Waals surface area contributed by atoms with Crippen molar-refractivity contribution >= 4 is 7.60 Å². The first-order valence-electron chi connectivity index (χ1n) is 4.01. The van der Waals surface area contributed by atoms with E-state index in [0.717, 1.165) is 12.8 Å². The molecule has 0 spiro atoms. The highest BCUT2D eigenvalue weighted by atomic mass is 31.2. The maximum atomic E-state index is 10.8. The van der Waals surface area contributed by atoms with E-state index in [1.165, 1.54) is 13.8 Å². The standard InChI is InChI=1S/C7H17O4P/c1-4-5-6-11-7(2,3)12(8,9)10/h4-6H2,1-3H3,(H2,8,9,10). The van der Waals surface area contributed by atoms with Crippen LogP contribution in [0.1, 0.15) is 33.6 Å². The quantitative estimate of drug-likeness (QED) is 0.519. The summed E-state index contributed by atoms with van der Waals surface area (Å²) < 4.78 is 15.9. The van der Waals surface area contributed by atoms with Gasteiger partial charge in [-0.3, -0.25) is 4.57 Å². The first kappa shape index (κ1) is 12.1. The Labute approximate surface area is 73.1 Å². The summed E-state index contributed by atoms with van der Waals surface area (Å²) in [6.07, 6.45) is 1.78. The maximum absolute atomic E-state index is 10.8. The van der Waals surface area contributed by atoms with Gasteiger partial charge < -0.3 is 14.5 Å². The lowest BCUT2D eigenvalue weighted by molar-refractivity contribution is 0.0233. The molecule has 4 nitrogen and oxygen atoms in total. The van der Waals surface area contributed by atoms with Gasteiger partial charge in [-0.2, -0.15) is 0 Å². The normalized spacial score (nSPS) is 13.4. The second-order valence-corrected chi connectivity index (χ2v) is 5.36. The van der Waals surface area contributed by atoms with E-state index in [4.69, 9.17) is 14.5 Å². The molecule has 2 N–H and O–H groups in total. The predicted octanol–water partition coefficient (Wildman–Crippen LogP) is 1.72. The fourth-order valence-corrected chi connectivity index (χ4v) is 0.810. The number of hydrogen-bond acceptors (Lipinski definition) is 2. The van der Waals surface area contributed by atoms with Crippen LogP contribution in [-0.4, -0.2) is 21.7 Å². The number of ether oxygens (including phenoxy) is 1. The molecule has 0 radical (unpaired) electrons. The maximum Gasteiger partial charge on any atom is 0.356 e. The van der Waals surface area contributed by atoms with Crippen LogP contribution in [0.2, 0.25) is 0 Å². The topological polar surface area (TPSA) is 66.8 Å². The summed E-state index contributed by atoms with van der Waals surface area (Å²) in [6, 6.07) is 0. The smallest absolute Gasteiger partial charge is 0.356 e. The molecular weight excluding hydrogens is 179 g/mol. The molecule has 0 saturated carbocycles. The monoisotopic (exact) mass is 196 g/mol. The van der Waals surface area contributed by atoms with Gasteiger partial charge in [0.05, 0.1) is 0 Å². The molecule has 0 aromatic carbocycles. The third-order valence-electron chi connectivity index (χ3n) is 1.65. The zero-order valence-corrected chi connectivity index (χ0v) is 8.67. The van der Waals surface area contributed by atoms with E-state index >= 15 is 0 Å². The van der Waals surface area contributed by atoms with Gasteiger partial charge in [-0.05, 0) is 20.3 Å². The van der Waals surface area contributed by atoms with E-state index in [2.05, 4.69) is 0 Å². The average Bonchev–Trinajstić information content (AvgIpc) is 1.85. The van der Waals surface area contributed by atoms with Gasteiger partial charge in [-0.15, -0.1) is 0 Å². The molecule has 0 bridgehead atoms. The van der Waals surface area contributed by atoms with Crippen LogP contribution in [0, 0.1) is 0 Å². The van der Waals surface area contributed by atoms with Gasteiger partial charge in [0, 0.05) is 6.61 Å². The van der Waals surface area contributed by atoms with Crippen LogP contribution in [0.3, 0.4) is 0 Å². The third kappa shape index (κ3) is 3.68. The van der Waals surface area contributed by atoms with Crippen LogP contribution in [-0.2, 0) is 9.30 Å². The molecule has 0 atom stereocenters. The molecule has 0 rings (SSSR count). The van der Waals surface area contributed by atoms with Crippen molar-refractivity contribution in [2.24, 2.45) is 0 Å². The predicted molar refractivity (Wildman–Crippen MR) is 47.0 cm³/mol. The van der Waals surface area contributed by atoms with E-state index in [1.807, 2.05) is 6.92 Å². The average molecular weight is 196 g/mol. The van der Waals surface area contributed by atoms with E-state index in [-0.39, 0.29) is 0 Å². The second-order valence-electron chi connectivity index (χ2n) is 3.19. The molecule has 0 aromatic heterocycles. The number of rotatable bonds is 5. The molecule has 74 valence electrons. The van der Waals surface area contributed by atoms with Crippen LogP contribution in [0.5, 0.6) is 0 Å². The van der Waals surface area contributed by atoms with Gasteiger partial charge in [-0.25, -0.2) is 0 Å². The van der Waals surface area contributed by atoms with E-state index in [0.29, 0.717) is 6.61 Å². The van der Waals surface area contributed by atoms with Crippen molar-refractivity contribution in [3.63, 3.8) is 0 Å². The van der Waals surface area contributed by atoms with Crippen molar-refractivity contribution in [1.29, 1.82) is 0 Å². The Morgan fingerprint density at radius 1 is 1.42 bits per heavy atom. The van der Waals surface area contributed by atoms with Crippen LogP contribution >= 0.6 is 7.60 Å². The summed E-state index contributed by atoms with van der Waals surface area (Å²) in [4.78, 5) is 17.7. The molecule has 5 heteroatoms. The number of hydrogen-bond donors (Lipinski definition) is 2. The highest BCUT2D eigenvalue weighted by Crippen LogP contribution is 2.50. The molecule has 0 unspecified atom stereocenters. The van der Waals surface area contributed by atoms with Gasteiger partial charge in [0.1, 0.15) is 0 Å². The summed E-state index contributed by atoms with van der Waals surface area (Å²) in [7, 11) is -4.13. The van der Waals surface area contributed by atoms with Gasteiger partial charge in [0.15, 0.2) is 5.34 Å². The van der Waals surface area contributed by atoms with Crippen LogP contribution < -0.4 is 0 Å². The summed E-state index contributed by atoms with van der Waals surface area (Å²) in [5.41, 5.74) is 0. The zero-order chi connectivity index (χ0) is 9.83. The Balaban J connectivity index is 3.97. The Hall–Kier alpha value is 0.110. The minimum atomic E-state index is -4.13. The lowest BCUT2D eigenvalue weighted by Crippen LogP contribution is -2.24. The molecule has 12 heavy (non-hydrogen) atoms. The summed E-state index contributed by atoms with van der Waals surface area (Å²) in [6.45, 7) is 5.20. The van der Waals surface area contributed by atoms with Crippen LogP contribution in [0.15, 0.2) is 0 Å². The first-order valence-corrected chi connectivity index (χ1v) is 5.62. The highest BCUT2D eigenvalue weighted by Gasteiger charge is 2.38. The summed E-state index contributed by atoms with van der Waals surface area (Å²) >= 11 is 0. The van der Waals surface area contributed by atoms with Crippen molar-refractivity contribution in [3.8, 4) is 0 Å². The lowest BCUT2D eigenvalue weighted by atomic mass is 10.3. The molecule has 0 aliphatic carbocycles. The van der Waals surface area contributed by atoms with E-state index in [1.54, 1.807) is 0 Å². The molecule has 0 fully saturated rings. The van der Waals surface area contributed by atoms with Gasteiger partial charge in [0.25, 0.3) is 0 Å². The molecule has 0 aromatic rings. The SMILES string of the molecule is CCCCOC(C)(C)P(=O)(O)O. The first-order chi connectivity index (χ1) is 5.31. The summed E-state index contributed by atoms with van der Waals surface area (Å²) in [5.74, 6) is 0. The van der Waals surface area contributed by atoms with Crippen LogP contribution in [0.25, 0.3) is 0 Å². The molecule has 0 heterocycles. The van der Waals surface area contributed by atoms with Crippen molar-refractivity contribution in [1.82, 2.24) is 0 Å². The lowest BCUT2D eigenvalue weighted by Gasteiger charge is -2.25. The van der Waals surface area contributed by atoms with E-state index < -0.39 is 12.9 Å². The van der Waals surface area contributed by atoms with Gasteiger partial charge in [-0.1, -0.05) is 13.3 Å². The third-order valence-corrected chi connectivity index (χ3v) is 3.19. The van der Waals surface area contributed by atoms with Crippen molar-refractivity contribution in [3.05, 3.63) is 0 Å². The summed E-state index contributed by atoms with van der Waals surface area (Å²) in [5, 5.41) is -1.35. The Kier molecular flexibility index (Phi) is 4.42. The van der Waals surface area contributed by atoms with Gasteiger partial charge in [0.2, 0.25) is 0 Å². The zero-order valence-electron chi connectivity index (χ0n) is 7.78. The minimum Gasteiger partial charge on any atom is -0.363 e. The van der Waals surface area contributed by atoms with Gasteiger partial charge >= 0.3 is 7.60 Å². The molecular formula is C7H17O4P. The molecule has 0 saturated heterocycles. The molecule has 0 aliphatic heterocycles. The van der Waals surface area contributed by atoms with Crippen molar-refractivity contribution < 1.29 is 19.1 Å². The van der Waals surface area contributed by atoms with E-state index in [9.17, 15) is 4.57 Å². The highest BCUT2D eigenvalue weighted by molar-refractivity contribution is 7.53. The number of unbranched alkanes of at least 4 members (excludes halogenated alkanes) is 1. The van der Waals surface area contributed by atoms with Crippen molar-refractivity contribution in [2.45, 2.75) is 39.0 Å². The minimum absolute atomic E-state index is 0.397. The van der Waals surface area contributed by atoms with Crippen molar-refractivity contribution in [2.75, 3.05) is 6.61 Å². The Bertz CT molecular complexity index is 172.